The summed E-state index contributed by atoms with van der Waals surface area (Å²) in [5.74, 6) is 0.649. The maximum absolute atomic E-state index is 5.64. The van der Waals surface area contributed by atoms with Crippen LogP contribution >= 0.6 is 0 Å². The van der Waals surface area contributed by atoms with Crippen molar-refractivity contribution >= 4 is 0 Å². The van der Waals surface area contributed by atoms with Crippen molar-refractivity contribution in [3.63, 3.8) is 0 Å². The van der Waals surface area contributed by atoms with Gasteiger partial charge in [-0.25, -0.2) is 4.68 Å². The molecule has 0 saturated carbocycles. The minimum atomic E-state index is -0.0132. The highest BCUT2D eigenvalue weighted by atomic mass is 16.5. The van der Waals surface area contributed by atoms with Gasteiger partial charge in [-0.3, -0.25) is 0 Å². The van der Waals surface area contributed by atoms with E-state index >= 15 is 0 Å². The van der Waals surface area contributed by atoms with Gasteiger partial charge in [0.2, 0.25) is 0 Å². The van der Waals surface area contributed by atoms with Crippen LogP contribution in [0.5, 0.6) is 0 Å². The molecule has 1 aromatic heterocycles. The predicted molar refractivity (Wildman–Crippen MR) is 62.8 cm³/mol. The van der Waals surface area contributed by atoms with E-state index in [2.05, 4.69) is 24.2 Å². The van der Waals surface area contributed by atoms with E-state index in [-0.39, 0.29) is 6.10 Å². The van der Waals surface area contributed by atoms with E-state index in [1.54, 1.807) is 7.11 Å². The highest BCUT2D eigenvalue weighted by Crippen LogP contribution is 2.19. The van der Waals surface area contributed by atoms with Crippen LogP contribution < -0.4 is 5.73 Å². The summed E-state index contributed by atoms with van der Waals surface area (Å²) in [6, 6.07) is 0. The molecule has 0 aliphatic rings. The van der Waals surface area contributed by atoms with Crippen molar-refractivity contribution in [3.05, 3.63) is 11.4 Å². The summed E-state index contributed by atoms with van der Waals surface area (Å²) in [4.78, 5) is 0. The number of methoxy groups -OCH3 is 1. The molecule has 1 heterocycles. The Morgan fingerprint density at radius 1 is 1.38 bits per heavy atom. The lowest BCUT2D eigenvalue weighted by Gasteiger charge is -2.14. The summed E-state index contributed by atoms with van der Waals surface area (Å²) in [5.41, 5.74) is 7.48. The number of ether oxygens (including phenoxy) is 1. The van der Waals surface area contributed by atoms with Gasteiger partial charge in [0.1, 0.15) is 5.69 Å². The third-order valence-corrected chi connectivity index (χ3v) is 2.70. The van der Waals surface area contributed by atoms with Crippen LogP contribution in [0.25, 0.3) is 0 Å². The minimum absolute atomic E-state index is 0.0132. The number of rotatable bonds is 6. The molecule has 0 radical (unpaired) electrons. The molecule has 0 bridgehead atoms. The smallest absolute Gasteiger partial charge is 0.102 e. The Hall–Kier alpha value is -0.940. The van der Waals surface area contributed by atoms with E-state index in [1.165, 1.54) is 0 Å². The Bertz CT molecular complexity index is 322. The fourth-order valence-electron chi connectivity index (χ4n) is 1.60. The van der Waals surface area contributed by atoms with Crippen molar-refractivity contribution in [2.75, 3.05) is 7.11 Å². The van der Waals surface area contributed by atoms with Crippen molar-refractivity contribution in [2.24, 2.45) is 11.7 Å². The zero-order valence-electron chi connectivity index (χ0n) is 10.6. The Balaban J connectivity index is 2.86. The van der Waals surface area contributed by atoms with Crippen LogP contribution in [0.15, 0.2) is 0 Å². The Kier molecular flexibility index (Phi) is 4.89. The average Bonchev–Trinajstić information content (AvgIpc) is 2.68. The molecule has 2 N–H and O–H groups in total. The lowest BCUT2D eigenvalue weighted by atomic mass is 10.1. The molecule has 0 saturated heterocycles. The lowest BCUT2D eigenvalue weighted by Crippen LogP contribution is -2.13. The summed E-state index contributed by atoms with van der Waals surface area (Å²) < 4.78 is 7.24. The zero-order valence-corrected chi connectivity index (χ0v) is 10.6. The van der Waals surface area contributed by atoms with Gasteiger partial charge in [0.15, 0.2) is 0 Å². The topological polar surface area (TPSA) is 66.0 Å². The monoisotopic (exact) mass is 226 g/mol. The third-order valence-electron chi connectivity index (χ3n) is 2.70. The average molecular weight is 226 g/mol. The quantitative estimate of drug-likeness (QED) is 0.798. The molecule has 1 aromatic rings. The predicted octanol–water partition coefficient (Wildman–Crippen LogP) is 1.49. The highest BCUT2D eigenvalue weighted by molar-refractivity contribution is 5.12. The highest BCUT2D eigenvalue weighted by Gasteiger charge is 2.17. The first kappa shape index (κ1) is 13.1. The molecule has 0 fully saturated rings. The molecule has 92 valence electrons. The molecule has 1 unspecified atom stereocenters. The second-order valence-corrected chi connectivity index (χ2v) is 4.41. The number of hydrogen-bond acceptors (Lipinski definition) is 4. The van der Waals surface area contributed by atoms with Gasteiger partial charge < -0.3 is 10.5 Å². The van der Waals surface area contributed by atoms with E-state index in [0.29, 0.717) is 12.5 Å². The van der Waals surface area contributed by atoms with Crippen molar-refractivity contribution in [1.82, 2.24) is 15.0 Å². The van der Waals surface area contributed by atoms with Crippen LogP contribution in [-0.4, -0.2) is 22.1 Å². The molecule has 0 amide bonds. The number of hydrogen-bond donors (Lipinski definition) is 1. The molecule has 0 spiro atoms. The normalized spacial score (nSPS) is 13.4. The first-order chi connectivity index (χ1) is 7.60. The number of nitrogens with zero attached hydrogens (tertiary/aromatic N) is 3. The van der Waals surface area contributed by atoms with Crippen molar-refractivity contribution < 1.29 is 4.74 Å². The summed E-state index contributed by atoms with van der Waals surface area (Å²) >= 11 is 0. The van der Waals surface area contributed by atoms with E-state index in [9.17, 15) is 0 Å². The van der Waals surface area contributed by atoms with Gasteiger partial charge in [0.25, 0.3) is 0 Å². The first-order valence-electron chi connectivity index (χ1n) is 5.75. The van der Waals surface area contributed by atoms with E-state index in [1.807, 2.05) is 11.6 Å². The molecule has 16 heavy (non-hydrogen) atoms. The van der Waals surface area contributed by atoms with Gasteiger partial charge in [-0.1, -0.05) is 19.1 Å². The second kappa shape index (κ2) is 5.96. The number of nitrogens with two attached hydrogens (primary N) is 1. The molecule has 0 aliphatic carbocycles. The molecule has 0 aromatic carbocycles. The molecule has 0 aliphatic heterocycles. The summed E-state index contributed by atoms with van der Waals surface area (Å²) in [5, 5.41) is 8.22. The van der Waals surface area contributed by atoms with Crippen LogP contribution in [0.1, 0.15) is 44.7 Å². The van der Waals surface area contributed by atoms with Crippen LogP contribution in [0.2, 0.25) is 0 Å². The Morgan fingerprint density at radius 2 is 2.06 bits per heavy atom. The largest absolute Gasteiger partial charge is 0.375 e. The lowest BCUT2D eigenvalue weighted by molar-refractivity contribution is 0.110. The van der Waals surface area contributed by atoms with Crippen molar-refractivity contribution in [1.29, 1.82) is 0 Å². The number of aromatic nitrogens is 3. The fourth-order valence-corrected chi connectivity index (χ4v) is 1.60. The third kappa shape index (κ3) is 3.02. The van der Waals surface area contributed by atoms with Crippen LogP contribution in [0.3, 0.4) is 0 Å². The van der Waals surface area contributed by atoms with Gasteiger partial charge >= 0.3 is 0 Å². The molecular formula is C11H22N4O. The van der Waals surface area contributed by atoms with Gasteiger partial charge in [0.05, 0.1) is 11.8 Å². The molecule has 5 heteroatoms. The van der Waals surface area contributed by atoms with Crippen molar-refractivity contribution in [3.8, 4) is 0 Å². The van der Waals surface area contributed by atoms with Crippen molar-refractivity contribution in [2.45, 2.75) is 46.4 Å². The second-order valence-electron chi connectivity index (χ2n) is 4.41. The Morgan fingerprint density at radius 3 is 2.56 bits per heavy atom. The van der Waals surface area contributed by atoms with Gasteiger partial charge in [0, 0.05) is 20.2 Å². The van der Waals surface area contributed by atoms with Crippen LogP contribution in [-0.2, 0) is 17.8 Å². The van der Waals surface area contributed by atoms with E-state index < -0.39 is 0 Å². The molecular weight excluding hydrogens is 204 g/mol. The molecule has 1 rings (SSSR count). The van der Waals surface area contributed by atoms with E-state index in [4.69, 9.17) is 10.5 Å². The molecule has 1 atom stereocenters. The van der Waals surface area contributed by atoms with Gasteiger partial charge in [-0.2, -0.15) is 0 Å². The maximum Gasteiger partial charge on any atom is 0.102 e. The summed E-state index contributed by atoms with van der Waals surface area (Å²) in [6.07, 6.45) is 1.07. The number of aryl methyl sites for hydroxylation is 1. The van der Waals surface area contributed by atoms with Gasteiger partial charge in [-0.15, -0.1) is 5.10 Å². The molecule has 5 nitrogen and oxygen atoms in total. The summed E-state index contributed by atoms with van der Waals surface area (Å²) in [7, 11) is 1.69. The van der Waals surface area contributed by atoms with Crippen LogP contribution in [0, 0.1) is 5.92 Å². The fraction of sp³-hybridized carbons (Fsp3) is 0.818. The maximum atomic E-state index is 5.64. The van der Waals surface area contributed by atoms with E-state index in [0.717, 1.165) is 24.4 Å². The standard InChI is InChI=1S/C11H22N4O/c1-8(2)5-6-15-11(9(3)16-4)10(7-12)13-14-15/h8-9H,5-7,12H2,1-4H3. The SMILES string of the molecule is COC(C)c1c(CN)nnn1CCC(C)C. The van der Waals surface area contributed by atoms with Crippen LogP contribution in [0.4, 0.5) is 0 Å². The minimum Gasteiger partial charge on any atom is -0.375 e. The zero-order chi connectivity index (χ0) is 12.1. The first-order valence-corrected chi connectivity index (χ1v) is 5.75. The Labute approximate surface area is 97.0 Å². The summed E-state index contributed by atoms with van der Waals surface area (Å²) in [6.45, 7) is 7.66. The van der Waals surface area contributed by atoms with Gasteiger partial charge in [-0.05, 0) is 19.3 Å².